The molecule has 0 saturated carbocycles. The van der Waals surface area contributed by atoms with E-state index in [0.717, 1.165) is 8.45 Å². The normalized spacial score (nSPS) is 11.6. The summed E-state index contributed by atoms with van der Waals surface area (Å²) in [5.74, 6) is -0.0443. The molecule has 14 heavy (non-hydrogen) atoms. The average molecular weight is 347 g/mol. The maximum Gasteiger partial charge on any atom is 0.252 e. The van der Waals surface area contributed by atoms with Crippen LogP contribution in [0.2, 0.25) is 0 Å². The number of nitrogens with two attached hydrogens (primary N) is 1. The topological polar surface area (TPSA) is 55.1 Å². The summed E-state index contributed by atoms with van der Waals surface area (Å²) in [6.45, 7) is 2.35. The van der Waals surface area contributed by atoms with Crippen LogP contribution < -0.4 is 11.1 Å². The van der Waals surface area contributed by atoms with Gasteiger partial charge in [0.2, 0.25) is 0 Å². The minimum Gasteiger partial charge on any atom is -0.348 e. The van der Waals surface area contributed by atoms with Crippen LogP contribution in [0.4, 0.5) is 0 Å². The van der Waals surface area contributed by atoms with Crippen LogP contribution in [0, 0.1) is 2.88 Å². The van der Waals surface area contributed by atoms with Crippen molar-refractivity contribution in [1.29, 1.82) is 0 Å². The zero-order chi connectivity index (χ0) is 9.84. The smallest absolute Gasteiger partial charge is 0.252 e. The number of hydrogen-bond donors (Lipinski definition) is 2. The lowest BCUT2D eigenvalue weighted by Crippen LogP contribution is -2.37. The Labute approximate surface area is 107 Å². The molecular formula is C8H12ClIN2OS. The highest BCUT2D eigenvalue weighted by Gasteiger charge is 2.09. The molecule has 3 N–H and O–H groups in total. The lowest BCUT2D eigenvalue weighted by atomic mass is 10.3. The fourth-order valence-electron chi connectivity index (χ4n) is 0.795. The van der Waals surface area contributed by atoms with Crippen molar-refractivity contribution >= 4 is 52.2 Å². The molecule has 80 valence electrons. The van der Waals surface area contributed by atoms with E-state index in [9.17, 15) is 4.79 Å². The van der Waals surface area contributed by atoms with Crippen molar-refractivity contribution < 1.29 is 4.79 Å². The van der Waals surface area contributed by atoms with Gasteiger partial charge in [-0.2, -0.15) is 0 Å². The van der Waals surface area contributed by atoms with Crippen molar-refractivity contribution in [3.63, 3.8) is 0 Å². The van der Waals surface area contributed by atoms with Gasteiger partial charge in [-0.25, -0.2) is 0 Å². The first-order chi connectivity index (χ1) is 6.13. The van der Waals surface area contributed by atoms with Crippen LogP contribution in [0.1, 0.15) is 17.3 Å². The van der Waals surface area contributed by atoms with Gasteiger partial charge >= 0.3 is 0 Å². The molecule has 0 radical (unpaired) electrons. The first-order valence-electron chi connectivity index (χ1n) is 3.88. The van der Waals surface area contributed by atoms with E-state index >= 15 is 0 Å². The summed E-state index contributed by atoms with van der Waals surface area (Å²) in [6, 6.07) is 1.90. The van der Waals surface area contributed by atoms with E-state index in [1.807, 2.05) is 18.4 Å². The van der Waals surface area contributed by atoms with Gasteiger partial charge in [0.25, 0.3) is 5.91 Å². The molecule has 1 atom stereocenters. The highest BCUT2D eigenvalue weighted by Crippen LogP contribution is 2.16. The second kappa shape index (κ2) is 6.60. The summed E-state index contributed by atoms with van der Waals surface area (Å²) in [4.78, 5) is 11.5. The monoisotopic (exact) mass is 346 g/mol. The van der Waals surface area contributed by atoms with E-state index in [0.29, 0.717) is 6.54 Å². The Balaban J connectivity index is 0.00000169. The predicted octanol–water partition coefficient (Wildman–Crippen LogP) is 1.85. The maximum atomic E-state index is 11.5. The molecule has 0 aliphatic heterocycles. The van der Waals surface area contributed by atoms with Gasteiger partial charge in [-0.3, -0.25) is 4.79 Å². The Morgan fingerprint density at radius 1 is 1.79 bits per heavy atom. The van der Waals surface area contributed by atoms with Crippen LogP contribution in [-0.4, -0.2) is 18.5 Å². The minimum absolute atomic E-state index is 0. The number of rotatable bonds is 3. The van der Waals surface area contributed by atoms with Crippen molar-refractivity contribution in [1.82, 2.24) is 5.32 Å². The number of halogens is 2. The number of nitrogens with one attached hydrogen (secondary N) is 1. The third kappa shape index (κ3) is 4.12. The summed E-state index contributed by atoms with van der Waals surface area (Å²) in [7, 11) is 0. The third-order valence-corrected chi connectivity index (χ3v) is 3.35. The summed E-state index contributed by atoms with van der Waals surface area (Å²) in [5, 5.41) is 4.65. The first kappa shape index (κ1) is 14.2. The minimum atomic E-state index is -0.0443. The van der Waals surface area contributed by atoms with Gasteiger partial charge in [0.05, 0.1) is 8.45 Å². The highest BCUT2D eigenvalue weighted by atomic mass is 127. The molecule has 0 aromatic carbocycles. The molecule has 0 bridgehead atoms. The third-order valence-electron chi connectivity index (χ3n) is 1.56. The standard InChI is InChI=1S/C8H11IN2OS.ClH/c1-5(3-10)11-8(12)6-2-7(9)13-4-6;/h2,4-5H,3,10H2,1H3,(H,11,12);1H/t5-;/m1./s1. The van der Waals surface area contributed by atoms with Gasteiger partial charge in [0, 0.05) is 18.0 Å². The van der Waals surface area contributed by atoms with Crippen molar-refractivity contribution in [2.24, 2.45) is 5.73 Å². The molecule has 1 aromatic heterocycles. The van der Waals surface area contributed by atoms with E-state index < -0.39 is 0 Å². The lowest BCUT2D eigenvalue weighted by molar-refractivity contribution is 0.0941. The lowest BCUT2D eigenvalue weighted by Gasteiger charge is -2.09. The van der Waals surface area contributed by atoms with Gasteiger partial charge in [-0.1, -0.05) is 0 Å². The molecule has 0 spiro atoms. The van der Waals surface area contributed by atoms with Crippen LogP contribution in [0.25, 0.3) is 0 Å². The molecule has 1 heterocycles. The largest absolute Gasteiger partial charge is 0.348 e. The van der Waals surface area contributed by atoms with E-state index in [1.54, 1.807) is 11.3 Å². The average Bonchev–Trinajstić information content (AvgIpc) is 2.51. The first-order valence-corrected chi connectivity index (χ1v) is 5.84. The molecular weight excluding hydrogens is 335 g/mol. The number of thiophene rings is 1. The van der Waals surface area contributed by atoms with Crippen LogP contribution in [-0.2, 0) is 0 Å². The molecule has 6 heteroatoms. The summed E-state index contributed by atoms with van der Waals surface area (Å²) in [5.41, 5.74) is 6.11. The van der Waals surface area contributed by atoms with Crippen molar-refractivity contribution in [2.75, 3.05) is 6.54 Å². The van der Waals surface area contributed by atoms with Crippen LogP contribution in [0.3, 0.4) is 0 Å². The van der Waals surface area contributed by atoms with Crippen LogP contribution in [0.5, 0.6) is 0 Å². The van der Waals surface area contributed by atoms with Crippen molar-refractivity contribution in [3.05, 3.63) is 19.9 Å². The second-order valence-electron chi connectivity index (χ2n) is 2.75. The summed E-state index contributed by atoms with van der Waals surface area (Å²) < 4.78 is 1.11. The Hall–Kier alpha value is 0.150. The fraction of sp³-hybridized carbons (Fsp3) is 0.375. The van der Waals surface area contributed by atoms with Gasteiger partial charge in [-0.05, 0) is 35.6 Å². The summed E-state index contributed by atoms with van der Waals surface area (Å²) in [6.07, 6.45) is 0. The maximum absolute atomic E-state index is 11.5. The molecule has 1 rings (SSSR count). The highest BCUT2D eigenvalue weighted by molar-refractivity contribution is 14.1. The Kier molecular flexibility index (Phi) is 6.67. The SMILES string of the molecule is C[C@H](CN)NC(=O)c1csc(I)c1.Cl. The molecule has 0 aliphatic carbocycles. The van der Waals surface area contributed by atoms with Crippen molar-refractivity contribution in [3.8, 4) is 0 Å². The Bertz CT molecular complexity index is 305. The number of carbonyl (C=O) groups is 1. The molecule has 0 fully saturated rings. The second-order valence-corrected chi connectivity index (χ2v) is 5.56. The molecule has 0 unspecified atom stereocenters. The molecule has 0 aliphatic rings. The molecule has 1 aromatic rings. The number of hydrogen-bond acceptors (Lipinski definition) is 3. The Morgan fingerprint density at radius 3 is 2.86 bits per heavy atom. The van der Waals surface area contributed by atoms with Crippen molar-refractivity contribution in [2.45, 2.75) is 13.0 Å². The van der Waals surface area contributed by atoms with Gasteiger partial charge in [-0.15, -0.1) is 23.7 Å². The van der Waals surface area contributed by atoms with E-state index in [2.05, 4.69) is 27.9 Å². The van der Waals surface area contributed by atoms with Gasteiger partial charge in [0.15, 0.2) is 0 Å². The summed E-state index contributed by atoms with van der Waals surface area (Å²) >= 11 is 3.75. The molecule has 3 nitrogen and oxygen atoms in total. The molecule has 1 amide bonds. The van der Waals surface area contributed by atoms with E-state index in [-0.39, 0.29) is 24.4 Å². The number of carbonyl (C=O) groups excluding carboxylic acids is 1. The van der Waals surface area contributed by atoms with E-state index in [1.165, 1.54) is 0 Å². The van der Waals surface area contributed by atoms with Gasteiger partial charge < -0.3 is 11.1 Å². The quantitative estimate of drug-likeness (QED) is 0.821. The number of amides is 1. The van der Waals surface area contributed by atoms with Crippen LogP contribution >= 0.6 is 46.3 Å². The van der Waals surface area contributed by atoms with Crippen LogP contribution in [0.15, 0.2) is 11.4 Å². The zero-order valence-electron chi connectivity index (χ0n) is 7.62. The Morgan fingerprint density at radius 2 is 2.43 bits per heavy atom. The fourth-order valence-corrected chi connectivity index (χ4v) is 2.12. The predicted molar refractivity (Wildman–Crippen MR) is 70.3 cm³/mol. The van der Waals surface area contributed by atoms with E-state index in [4.69, 9.17) is 5.73 Å². The zero-order valence-corrected chi connectivity index (χ0v) is 11.4. The molecule has 0 saturated heterocycles. The van der Waals surface area contributed by atoms with Gasteiger partial charge in [0.1, 0.15) is 0 Å².